The van der Waals surface area contributed by atoms with E-state index in [1.165, 1.54) is 0 Å². The summed E-state index contributed by atoms with van der Waals surface area (Å²) < 4.78 is 18.1. The summed E-state index contributed by atoms with van der Waals surface area (Å²) in [4.78, 5) is 12.1. The molecule has 1 rings (SSSR count). The predicted molar refractivity (Wildman–Crippen MR) is 88.4 cm³/mol. The van der Waals surface area contributed by atoms with Crippen LogP contribution < -0.4 is 0 Å². The van der Waals surface area contributed by atoms with Crippen molar-refractivity contribution in [2.24, 2.45) is 0 Å². The molecule has 1 aliphatic heterocycles. The summed E-state index contributed by atoms with van der Waals surface area (Å²) in [7, 11) is -2.18. The van der Waals surface area contributed by atoms with Gasteiger partial charge in [0.1, 0.15) is 6.10 Å². The zero-order valence-electron chi connectivity index (χ0n) is 15.7. The molecule has 22 heavy (non-hydrogen) atoms. The molecule has 5 nitrogen and oxygen atoms in total. The molecule has 0 aromatic heterocycles. The molecule has 2 atom stereocenters. The Morgan fingerprint density at radius 3 is 1.91 bits per heavy atom. The van der Waals surface area contributed by atoms with Crippen LogP contribution in [-0.2, 0) is 18.7 Å². The highest BCUT2D eigenvalue weighted by atomic mass is 28.4. The second-order valence-corrected chi connectivity index (χ2v) is 13.4. The van der Waals surface area contributed by atoms with Crippen LogP contribution in [0.2, 0.25) is 18.1 Å². The first-order valence-electron chi connectivity index (χ1n) is 7.80. The third-order valence-corrected chi connectivity index (χ3v) is 9.60. The Balaban J connectivity index is 3.30. The standard InChI is InChI=1S/C16H32O5Si/c1-11-16(12(17)18,20-15(7,8)19-11)14(5,6)21-22(9,10)13(2,3)4/h11H,1-10H3,(H,17,18)/t11-,16-/m0/s1. The topological polar surface area (TPSA) is 65.0 Å². The molecule has 0 amide bonds. The number of hydrogen-bond donors (Lipinski definition) is 1. The van der Waals surface area contributed by atoms with Gasteiger partial charge in [-0.1, -0.05) is 20.8 Å². The maximum Gasteiger partial charge on any atom is 0.341 e. The average molecular weight is 333 g/mol. The third-order valence-electron chi connectivity index (χ3n) is 4.97. The smallest absolute Gasteiger partial charge is 0.341 e. The minimum absolute atomic E-state index is 0.0256. The third kappa shape index (κ3) is 3.11. The minimum atomic E-state index is -2.18. The summed E-state index contributed by atoms with van der Waals surface area (Å²) >= 11 is 0. The van der Waals surface area contributed by atoms with Gasteiger partial charge >= 0.3 is 5.97 Å². The van der Waals surface area contributed by atoms with Gasteiger partial charge < -0.3 is 19.0 Å². The van der Waals surface area contributed by atoms with Crippen LogP contribution in [0.4, 0.5) is 0 Å². The van der Waals surface area contributed by atoms with Gasteiger partial charge in [0.15, 0.2) is 14.1 Å². The fourth-order valence-corrected chi connectivity index (χ4v) is 4.69. The summed E-state index contributed by atoms with van der Waals surface area (Å²) in [5.41, 5.74) is -2.55. The molecule has 1 N–H and O–H groups in total. The van der Waals surface area contributed by atoms with E-state index in [0.717, 1.165) is 0 Å². The van der Waals surface area contributed by atoms with Gasteiger partial charge in [-0.05, 0) is 52.8 Å². The Bertz CT molecular complexity index is 450. The maximum atomic E-state index is 12.1. The number of hydrogen-bond acceptors (Lipinski definition) is 4. The molecule has 1 heterocycles. The second kappa shape index (κ2) is 5.29. The van der Waals surface area contributed by atoms with E-state index in [4.69, 9.17) is 13.9 Å². The Morgan fingerprint density at radius 1 is 1.18 bits per heavy atom. The van der Waals surface area contributed by atoms with E-state index in [9.17, 15) is 9.90 Å². The Labute approximate surface area is 135 Å². The minimum Gasteiger partial charge on any atom is -0.479 e. The van der Waals surface area contributed by atoms with Crippen molar-refractivity contribution in [2.75, 3.05) is 0 Å². The van der Waals surface area contributed by atoms with Crippen LogP contribution in [0.25, 0.3) is 0 Å². The van der Waals surface area contributed by atoms with Gasteiger partial charge in [0.05, 0.1) is 5.60 Å². The molecule has 1 aliphatic rings. The van der Waals surface area contributed by atoms with Crippen LogP contribution in [0.1, 0.15) is 55.4 Å². The Kier molecular flexibility index (Phi) is 4.72. The highest BCUT2D eigenvalue weighted by Crippen LogP contribution is 2.48. The zero-order valence-corrected chi connectivity index (χ0v) is 16.7. The fraction of sp³-hybridized carbons (Fsp3) is 0.938. The zero-order chi connectivity index (χ0) is 17.8. The van der Waals surface area contributed by atoms with Crippen LogP contribution in [0, 0.1) is 0 Å². The molecule has 0 unspecified atom stereocenters. The SMILES string of the molecule is C[C@@H]1OC(C)(C)O[C@@]1(C(=O)O)C(C)(C)O[Si](C)(C)C(C)(C)C. The molecule has 0 aromatic rings. The van der Waals surface area contributed by atoms with E-state index < -0.39 is 37.4 Å². The van der Waals surface area contributed by atoms with E-state index in [0.29, 0.717) is 0 Å². The Morgan fingerprint density at radius 2 is 1.64 bits per heavy atom. The molecule has 0 bridgehead atoms. The van der Waals surface area contributed by atoms with Gasteiger partial charge in [-0.25, -0.2) is 4.79 Å². The molecule has 130 valence electrons. The highest BCUT2D eigenvalue weighted by molar-refractivity contribution is 6.74. The van der Waals surface area contributed by atoms with E-state index in [-0.39, 0.29) is 5.04 Å². The molecule has 1 saturated heterocycles. The monoisotopic (exact) mass is 332 g/mol. The lowest BCUT2D eigenvalue weighted by Crippen LogP contribution is -2.66. The number of carboxylic acid groups (broad SMARTS) is 1. The van der Waals surface area contributed by atoms with Gasteiger partial charge in [-0.2, -0.15) is 0 Å². The second-order valence-electron chi connectivity index (χ2n) is 8.68. The van der Waals surface area contributed by atoms with Gasteiger partial charge in [0.2, 0.25) is 5.60 Å². The molecule has 1 fully saturated rings. The quantitative estimate of drug-likeness (QED) is 0.794. The molecule has 0 aliphatic carbocycles. The van der Waals surface area contributed by atoms with E-state index >= 15 is 0 Å². The normalized spacial score (nSPS) is 29.6. The first-order valence-corrected chi connectivity index (χ1v) is 10.7. The Hall–Kier alpha value is -0.433. The lowest BCUT2D eigenvalue weighted by Gasteiger charge is -2.49. The van der Waals surface area contributed by atoms with E-state index in [2.05, 4.69) is 33.9 Å². The van der Waals surface area contributed by atoms with Crippen molar-refractivity contribution in [2.45, 2.75) is 96.6 Å². The van der Waals surface area contributed by atoms with Gasteiger partial charge in [-0.3, -0.25) is 0 Å². The molecule has 0 aromatic carbocycles. The van der Waals surface area contributed by atoms with Crippen LogP contribution in [0.3, 0.4) is 0 Å². The first kappa shape index (κ1) is 19.6. The van der Waals surface area contributed by atoms with Gasteiger partial charge in [0.25, 0.3) is 0 Å². The van der Waals surface area contributed by atoms with E-state index in [1.54, 1.807) is 34.6 Å². The van der Waals surface area contributed by atoms with Crippen LogP contribution in [-0.4, -0.2) is 42.5 Å². The summed E-state index contributed by atoms with van der Waals surface area (Å²) in [5, 5.41) is 9.91. The molecular formula is C16H32O5Si. The maximum absolute atomic E-state index is 12.1. The predicted octanol–water partition coefficient (Wildman–Crippen LogP) is 3.78. The van der Waals surface area contributed by atoms with Gasteiger partial charge in [0, 0.05) is 0 Å². The van der Waals surface area contributed by atoms with E-state index in [1.807, 2.05) is 0 Å². The lowest BCUT2D eigenvalue weighted by atomic mass is 9.81. The number of carboxylic acids is 1. The van der Waals surface area contributed by atoms with Crippen LogP contribution in [0.5, 0.6) is 0 Å². The molecule has 6 heteroatoms. The number of rotatable bonds is 4. The fourth-order valence-electron chi connectivity index (χ4n) is 2.96. The van der Waals surface area contributed by atoms with Crippen molar-refractivity contribution < 1.29 is 23.8 Å². The van der Waals surface area contributed by atoms with Crippen molar-refractivity contribution in [3.8, 4) is 0 Å². The number of ether oxygens (including phenoxy) is 2. The summed E-state index contributed by atoms with van der Waals surface area (Å²) in [6.45, 7) is 19.4. The summed E-state index contributed by atoms with van der Waals surface area (Å²) in [6, 6.07) is 0. The summed E-state index contributed by atoms with van der Waals surface area (Å²) in [5.74, 6) is -2.00. The molecule has 0 spiro atoms. The highest BCUT2D eigenvalue weighted by Gasteiger charge is 2.66. The van der Waals surface area contributed by atoms with Gasteiger partial charge in [-0.15, -0.1) is 0 Å². The average Bonchev–Trinajstić information content (AvgIpc) is 2.46. The van der Waals surface area contributed by atoms with Crippen LogP contribution >= 0.6 is 0 Å². The van der Waals surface area contributed by atoms with Crippen LogP contribution in [0.15, 0.2) is 0 Å². The number of aliphatic carboxylic acids is 1. The molecular weight excluding hydrogens is 300 g/mol. The molecule has 0 saturated carbocycles. The first-order chi connectivity index (χ1) is 9.49. The van der Waals surface area contributed by atoms with Crippen molar-refractivity contribution in [3.63, 3.8) is 0 Å². The van der Waals surface area contributed by atoms with Crippen molar-refractivity contribution >= 4 is 14.3 Å². The summed E-state index contributed by atoms with van der Waals surface area (Å²) in [6.07, 6.45) is -0.611. The lowest BCUT2D eigenvalue weighted by molar-refractivity contribution is -0.215. The largest absolute Gasteiger partial charge is 0.479 e. The van der Waals surface area contributed by atoms with Crippen molar-refractivity contribution in [1.29, 1.82) is 0 Å². The molecule has 0 radical (unpaired) electrons. The number of carbonyl (C=O) groups is 1. The van der Waals surface area contributed by atoms with Crippen molar-refractivity contribution in [3.05, 3.63) is 0 Å². The van der Waals surface area contributed by atoms with Crippen molar-refractivity contribution in [1.82, 2.24) is 0 Å².